The minimum atomic E-state index is -0.747. The van der Waals surface area contributed by atoms with Crippen LogP contribution in [0, 0.1) is 11.8 Å². The largest absolute Gasteiger partial charge is 0.493 e. The average molecular weight is 532 g/mol. The Bertz CT molecular complexity index is 1280. The molecule has 1 saturated heterocycles. The summed E-state index contributed by atoms with van der Waals surface area (Å²) in [4.78, 5) is 32.6. The molecule has 0 bridgehead atoms. The van der Waals surface area contributed by atoms with Crippen LogP contribution in [0.1, 0.15) is 66.4 Å². The molecule has 3 aromatic rings. The van der Waals surface area contributed by atoms with Gasteiger partial charge in [0.2, 0.25) is 0 Å². The van der Waals surface area contributed by atoms with Gasteiger partial charge in [-0.1, -0.05) is 25.1 Å². The van der Waals surface area contributed by atoms with Crippen molar-refractivity contribution >= 4 is 23.6 Å². The number of benzene rings is 2. The van der Waals surface area contributed by atoms with Crippen molar-refractivity contribution < 1.29 is 23.8 Å². The number of hydrogen-bond donors (Lipinski definition) is 1. The highest BCUT2D eigenvalue weighted by Crippen LogP contribution is 2.45. The molecular formula is C31H37N3O5. The van der Waals surface area contributed by atoms with E-state index >= 15 is 0 Å². The Hall–Kier alpha value is -3.81. The number of hydrogen-bond acceptors (Lipinski definition) is 6. The molecule has 1 saturated carbocycles. The lowest BCUT2D eigenvalue weighted by Crippen LogP contribution is -2.37. The fourth-order valence-corrected chi connectivity index (χ4v) is 5.52. The first-order valence-corrected chi connectivity index (χ1v) is 13.9. The minimum absolute atomic E-state index is 0.0627. The smallest absolute Gasteiger partial charge is 0.303 e. The number of ether oxygens (including phenoxy) is 1. The number of carbonyl (C=O) groups is 2. The lowest BCUT2D eigenvalue weighted by molar-refractivity contribution is -0.137. The molecule has 1 unspecified atom stereocenters. The first-order valence-electron chi connectivity index (χ1n) is 13.9. The molecule has 1 aliphatic heterocycles. The van der Waals surface area contributed by atoms with Crippen LogP contribution in [0.5, 0.6) is 5.75 Å². The SMILES string of the molecule is CCc1ccc(C(=O)N(C)c2ncco2)c(N2CCC(COc3cccc(C(CC(=O)O)C4CC4)c3)CC2)c1. The molecule has 1 amide bonds. The zero-order chi connectivity index (χ0) is 27.4. The summed E-state index contributed by atoms with van der Waals surface area (Å²) < 4.78 is 11.5. The minimum Gasteiger partial charge on any atom is -0.493 e. The third kappa shape index (κ3) is 6.44. The van der Waals surface area contributed by atoms with E-state index in [2.05, 4.69) is 22.9 Å². The van der Waals surface area contributed by atoms with E-state index < -0.39 is 5.97 Å². The summed E-state index contributed by atoms with van der Waals surface area (Å²) in [5.74, 6) is 0.860. The van der Waals surface area contributed by atoms with Gasteiger partial charge in [-0.2, -0.15) is 0 Å². The lowest BCUT2D eigenvalue weighted by atomic mass is 9.91. The van der Waals surface area contributed by atoms with Crippen LogP contribution in [0.2, 0.25) is 0 Å². The predicted molar refractivity (Wildman–Crippen MR) is 150 cm³/mol. The molecule has 8 nitrogen and oxygen atoms in total. The van der Waals surface area contributed by atoms with Crippen molar-refractivity contribution in [1.82, 2.24) is 4.98 Å². The van der Waals surface area contributed by atoms with Crippen molar-refractivity contribution in [2.24, 2.45) is 11.8 Å². The van der Waals surface area contributed by atoms with Gasteiger partial charge in [-0.15, -0.1) is 0 Å². The maximum atomic E-state index is 13.4. The van der Waals surface area contributed by atoms with E-state index in [-0.39, 0.29) is 24.3 Å². The number of nitrogens with zero attached hydrogens (tertiary/aromatic N) is 3. The number of carbonyl (C=O) groups excluding carboxylic acids is 1. The van der Waals surface area contributed by atoms with Crippen molar-refractivity contribution in [2.45, 2.75) is 51.4 Å². The molecule has 2 aromatic carbocycles. The van der Waals surface area contributed by atoms with Gasteiger partial charge < -0.3 is 19.2 Å². The lowest BCUT2D eigenvalue weighted by Gasteiger charge is -2.35. The predicted octanol–water partition coefficient (Wildman–Crippen LogP) is 5.78. The summed E-state index contributed by atoms with van der Waals surface area (Å²) >= 11 is 0. The highest BCUT2D eigenvalue weighted by Gasteiger charge is 2.34. The number of carboxylic acid groups (broad SMARTS) is 1. The van der Waals surface area contributed by atoms with E-state index in [9.17, 15) is 14.7 Å². The van der Waals surface area contributed by atoms with E-state index in [4.69, 9.17) is 9.15 Å². The highest BCUT2D eigenvalue weighted by molar-refractivity contribution is 6.08. The van der Waals surface area contributed by atoms with Crippen LogP contribution in [0.15, 0.2) is 59.3 Å². The van der Waals surface area contributed by atoms with Gasteiger partial charge in [0.15, 0.2) is 0 Å². The molecule has 0 spiro atoms. The fourth-order valence-electron chi connectivity index (χ4n) is 5.52. The molecule has 1 aromatic heterocycles. The molecule has 1 aliphatic carbocycles. The average Bonchev–Trinajstić information content (AvgIpc) is 3.66. The molecule has 39 heavy (non-hydrogen) atoms. The van der Waals surface area contributed by atoms with Gasteiger partial charge in [-0.25, -0.2) is 4.98 Å². The fraction of sp³-hybridized carbons (Fsp3) is 0.452. The van der Waals surface area contributed by atoms with Gasteiger partial charge >= 0.3 is 12.0 Å². The Morgan fingerprint density at radius 3 is 2.62 bits per heavy atom. The van der Waals surface area contributed by atoms with E-state index in [1.165, 1.54) is 22.9 Å². The number of anilines is 2. The summed E-state index contributed by atoms with van der Waals surface area (Å²) in [6, 6.07) is 14.3. The van der Waals surface area contributed by atoms with Gasteiger partial charge in [0.1, 0.15) is 12.0 Å². The summed E-state index contributed by atoms with van der Waals surface area (Å²) in [6.45, 7) is 4.42. The number of oxazole rings is 1. The first-order chi connectivity index (χ1) is 18.9. The first kappa shape index (κ1) is 26.8. The normalized spacial score (nSPS) is 16.6. The van der Waals surface area contributed by atoms with Crippen molar-refractivity contribution in [3.63, 3.8) is 0 Å². The van der Waals surface area contributed by atoms with Crippen molar-refractivity contribution in [1.29, 1.82) is 0 Å². The second-order valence-corrected chi connectivity index (χ2v) is 10.7. The van der Waals surface area contributed by atoms with Crippen LogP contribution in [0.25, 0.3) is 0 Å². The molecule has 1 N–H and O–H groups in total. The monoisotopic (exact) mass is 531 g/mol. The Kier molecular flexibility index (Phi) is 8.19. The summed E-state index contributed by atoms with van der Waals surface area (Å²) in [5.41, 5.74) is 3.85. The van der Waals surface area contributed by atoms with Crippen molar-refractivity contribution in [2.75, 3.05) is 36.5 Å². The number of amides is 1. The van der Waals surface area contributed by atoms with Crippen LogP contribution in [0.3, 0.4) is 0 Å². The number of aryl methyl sites for hydroxylation is 1. The molecule has 1 atom stereocenters. The second kappa shape index (κ2) is 11.9. The summed E-state index contributed by atoms with van der Waals surface area (Å²) in [7, 11) is 1.68. The maximum absolute atomic E-state index is 13.4. The highest BCUT2D eigenvalue weighted by atomic mass is 16.5. The third-order valence-corrected chi connectivity index (χ3v) is 8.02. The zero-order valence-corrected chi connectivity index (χ0v) is 22.7. The molecule has 2 aliphatic rings. The van der Waals surface area contributed by atoms with Crippen molar-refractivity contribution in [3.8, 4) is 5.75 Å². The van der Waals surface area contributed by atoms with Gasteiger partial charge in [0, 0.05) is 25.8 Å². The van der Waals surface area contributed by atoms with E-state index in [1.54, 1.807) is 7.05 Å². The Labute approximate surface area is 229 Å². The van der Waals surface area contributed by atoms with Gasteiger partial charge in [-0.05, 0) is 85.3 Å². The van der Waals surface area contributed by atoms with Gasteiger partial charge in [0.25, 0.3) is 5.91 Å². The summed E-state index contributed by atoms with van der Waals surface area (Å²) in [6.07, 6.45) is 8.19. The van der Waals surface area contributed by atoms with E-state index in [1.807, 2.05) is 36.4 Å². The number of aromatic nitrogens is 1. The molecular weight excluding hydrogens is 494 g/mol. The molecule has 2 heterocycles. The third-order valence-electron chi connectivity index (χ3n) is 8.02. The standard InChI is InChI=1S/C31H37N3O5/c1-3-21-7-10-26(30(37)33(2)31-32-13-16-38-31)28(17-21)34-14-11-22(12-15-34)20-39-25-6-4-5-24(18-25)27(19-29(35)36)23-8-9-23/h4-7,10,13,16-18,22-23,27H,3,8-9,11-12,14-15,19-20H2,1-2H3,(H,35,36). The van der Waals surface area contributed by atoms with Crippen LogP contribution in [-0.4, -0.2) is 48.7 Å². The quantitative estimate of drug-likeness (QED) is 0.335. The Balaban J connectivity index is 1.21. The zero-order valence-electron chi connectivity index (χ0n) is 22.7. The molecule has 8 heteroatoms. The molecule has 206 valence electrons. The number of piperidine rings is 1. The van der Waals surface area contributed by atoms with Crippen LogP contribution in [0.4, 0.5) is 11.7 Å². The molecule has 2 fully saturated rings. The maximum Gasteiger partial charge on any atom is 0.303 e. The second-order valence-electron chi connectivity index (χ2n) is 10.7. The number of aliphatic carboxylic acids is 1. The topological polar surface area (TPSA) is 96.1 Å². The number of rotatable bonds is 11. The molecule has 5 rings (SSSR count). The van der Waals surface area contributed by atoms with Crippen molar-refractivity contribution in [3.05, 3.63) is 71.6 Å². The van der Waals surface area contributed by atoms with Crippen LogP contribution < -0.4 is 14.5 Å². The number of carboxylic acids is 1. The van der Waals surface area contributed by atoms with Crippen LogP contribution in [-0.2, 0) is 11.2 Å². The summed E-state index contributed by atoms with van der Waals surface area (Å²) in [5, 5.41) is 9.35. The van der Waals surface area contributed by atoms with E-state index in [0.29, 0.717) is 24.0 Å². The van der Waals surface area contributed by atoms with Gasteiger partial charge in [0.05, 0.1) is 24.8 Å². The molecule has 0 radical (unpaired) electrons. The van der Waals surface area contributed by atoms with Gasteiger partial charge in [-0.3, -0.25) is 14.5 Å². The van der Waals surface area contributed by atoms with Crippen LogP contribution >= 0.6 is 0 Å². The Morgan fingerprint density at radius 1 is 1.15 bits per heavy atom. The Morgan fingerprint density at radius 2 is 1.95 bits per heavy atom. The van der Waals surface area contributed by atoms with E-state index in [0.717, 1.165) is 62.2 Å².